The number of carbonyl (C=O) groups excluding carboxylic acids is 4. The van der Waals surface area contributed by atoms with Gasteiger partial charge in [-0.3, -0.25) is 19.7 Å². The number of ether oxygens (including phenoxy) is 2. The van der Waals surface area contributed by atoms with Gasteiger partial charge < -0.3 is 14.8 Å². The van der Waals surface area contributed by atoms with E-state index in [0.717, 1.165) is 4.90 Å². The molecule has 0 atom stereocenters. The van der Waals surface area contributed by atoms with Gasteiger partial charge in [0.1, 0.15) is 5.57 Å². The summed E-state index contributed by atoms with van der Waals surface area (Å²) in [7, 11) is 1.35. The van der Waals surface area contributed by atoms with E-state index in [2.05, 4.69) is 10.6 Å². The summed E-state index contributed by atoms with van der Waals surface area (Å²) in [4.78, 5) is 51.2. The number of nitrogens with one attached hydrogen (secondary N) is 2. The van der Waals surface area contributed by atoms with E-state index in [-0.39, 0.29) is 50.0 Å². The lowest BCUT2D eigenvalue weighted by atomic mass is 10.1. The Morgan fingerprint density at radius 2 is 1.67 bits per heavy atom. The first-order valence-corrected chi connectivity index (χ1v) is 12.5. The highest BCUT2D eigenvalue weighted by molar-refractivity contribution is 6.43. The number of hydrogen-bond acceptors (Lipinski definition) is 6. The molecule has 9 nitrogen and oxygen atoms in total. The Bertz CT molecular complexity index is 1520. The number of amides is 5. The summed E-state index contributed by atoms with van der Waals surface area (Å²) in [6.45, 7) is -0.388. The third kappa shape index (κ3) is 6.46. The fourth-order valence-corrected chi connectivity index (χ4v) is 4.21. The van der Waals surface area contributed by atoms with Crippen LogP contribution in [0.4, 0.5) is 16.2 Å². The van der Waals surface area contributed by atoms with Gasteiger partial charge in [-0.05, 0) is 66.2 Å². The van der Waals surface area contributed by atoms with Crippen LogP contribution in [0.5, 0.6) is 11.5 Å². The Morgan fingerprint density at radius 3 is 2.33 bits per heavy atom. The molecular weight excluding hydrogens is 592 g/mol. The molecule has 200 valence electrons. The Labute approximate surface area is 242 Å². The zero-order chi connectivity index (χ0) is 28.3. The maximum absolute atomic E-state index is 13.2. The summed E-state index contributed by atoms with van der Waals surface area (Å²) in [5, 5.41) is 5.68. The predicted molar refractivity (Wildman–Crippen MR) is 149 cm³/mol. The van der Waals surface area contributed by atoms with E-state index in [1.54, 1.807) is 24.3 Å². The van der Waals surface area contributed by atoms with Crippen molar-refractivity contribution in [2.24, 2.45) is 0 Å². The van der Waals surface area contributed by atoms with Crippen LogP contribution in [0.2, 0.25) is 20.1 Å². The van der Waals surface area contributed by atoms with Gasteiger partial charge in [-0.25, -0.2) is 9.69 Å². The van der Waals surface area contributed by atoms with Crippen LogP contribution in [0.3, 0.4) is 0 Å². The number of imide groups is 2. The van der Waals surface area contributed by atoms with Crippen molar-refractivity contribution in [3.05, 3.63) is 85.8 Å². The summed E-state index contributed by atoms with van der Waals surface area (Å²) < 4.78 is 10.9. The number of urea groups is 1. The van der Waals surface area contributed by atoms with Crippen LogP contribution in [0.25, 0.3) is 6.08 Å². The molecule has 13 heteroatoms. The Kier molecular flexibility index (Phi) is 8.66. The van der Waals surface area contributed by atoms with Gasteiger partial charge in [0.15, 0.2) is 18.1 Å². The first-order valence-electron chi connectivity index (χ1n) is 11.0. The molecule has 1 saturated heterocycles. The van der Waals surface area contributed by atoms with Gasteiger partial charge in [-0.1, -0.05) is 46.4 Å². The van der Waals surface area contributed by atoms with Gasteiger partial charge in [-0.2, -0.15) is 0 Å². The molecule has 1 fully saturated rings. The number of anilines is 2. The minimum absolute atomic E-state index is 0.0431. The first kappa shape index (κ1) is 28.3. The van der Waals surface area contributed by atoms with E-state index < -0.39 is 23.8 Å². The largest absolute Gasteiger partial charge is 0.493 e. The fraction of sp³-hybridized carbons (Fsp3) is 0.0769. The molecule has 0 radical (unpaired) electrons. The topological polar surface area (TPSA) is 114 Å². The number of carbonyl (C=O) groups is 4. The SMILES string of the molecule is COc1cc(/C=C2\C(=O)NC(=O)N(c3ccc(Cl)c(Cl)c3)C2=O)cc(Cl)c1OCC(=O)Nc1ccc(Cl)cc1. The predicted octanol–water partition coefficient (Wildman–Crippen LogP) is 5.99. The van der Waals surface area contributed by atoms with Crippen molar-refractivity contribution < 1.29 is 28.7 Å². The average Bonchev–Trinajstić information content (AvgIpc) is 2.89. The van der Waals surface area contributed by atoms with Crippen molar-refractivity contribution >= 4 is 87.6 Å². The Morgan fingerprint density at radius 1 is 0.949 bits per heavy atom. The van der Waals surface area contributed by atoms with Gasteiger partial charge in [0.05, 0.1) is 27.9 Å². The molecule has 1 aliphatic rings. The highest BCUT2D eigenvalue weighted by Crippen LogP contribution is 2.37. The number of barbiturate groups is 1. The molecule has 0 bridgehead atoms. The lowest BCUT2D eigenvalue weighted by Crippen LogP contribution is -2.54. The molecule has 1 heterocycles. The lowest BCUT2D eigenvalue weighted by molar-refractivity contribution is -0.122. The number of hydrogen-bond donors (Lipinski definition) is 2. The van der Waals surface area contributed by atoms with E-state index in [9.17, 15) is 19.2 Å². The van der Waals surface area contributed by atoms with E-state index in [0.29, 0.717) is 10.7 Å². The van der Waals surface area contributed by atoms with Crippen LogP contribution in [0.1, 0.15) is 5.56 Å². The zero-order valence-corrected chi connectivity index (χ0v) is 22.9. The summed E-state index contributed by atoms with van der Waals surface area (Å²) >= 11 is 24.2. The molecule has 5 amide bonds. The standard InChI is InChI=1S/C26H17Cl4N3O6/c1-38-21-10-13(9-20(30)23(21)39-12-22(34)31-15-4-2-14(27)3-5-15)8-17-24(35)32-26(37)33(25(17)36)16-6-7-18(28)19(29)11-16/h2-11H,12H2,1H3,(H,31,34)(H,32,35,37)/b17-8+. The van der Waals surface area contributed by atoms with E-state index in [1.165, 1.54) is 43.5 Å². The van der Waals surface area contributed by atoms with Crippen molar-refractivity contribution in [1.82, 2.24) is 5.32 Å². The van der Waals surface area contributed by atoms with E-state index >= 15 is 0 Å². The first-order chi connectivity index (χ1) is 18.6. The summed E-state index contributed by atoms with van der Waals surface area (Å²) in [5.74, 6) is -2.06. The van der Waals surface area contributed by atoms with Gasteiger partial charge >= 0.3 is 6.03 Å². The van der Waals surface area contributed by atoms with Crippen LogP contribution in [-0.4, -0.2) is 37.5 Å². The van der Waals surface area contributed by atoms with Crippen molar-refractivity contribution in [2.45, 2.75) is 0 Å². The van der Waals surface area contributed by atoms with Crippen molar-refractivity contribution in [1.29, 1.82) is 0 Å². The third-order valence-corrected chi connectivity index (χ3v) is 6.57. The van der Waals surface area contributed by atoms with E-state index in [1.807, 2.05) is 0 Å². The van der Waals surface area contributed by atoms with Crippen LogP contribution in [0.15, 0.2) is 60.2 Å². The molecule has 3 aromatic rings. The minimum atomic E-state index is -0.947. The molecule has 0 aliphatic carbocycles. The van der Waals surface area contributed by atoms with Crippen molar-refractivity contribution in [3.63, 3.8) is 0 Å². The van der Waals surface area contributed by atoms with Crippen molar-refractivity contribution in [2.75, 3.05) is 23.9 Å². The maximum atomic E-state index is 13.2. The average molecular weight is 609 g/mol. The molecule has 0 spiro atoms. The molecule has 3 aromatic carbocycles. The van der Waals surface area contributed by atoms with E-state index in [4.69, 9.17) is 55.9 Å². The molecule has 2 N–H and O–H groups in total. The number of methoxy groups -OCH3 is 1. The molecule has 1 aliphatic heterocycles. The highest BCUT2D eigenvalue weighted by atomic mass is 35.5. The number of rotatable bonds is 7. The molecule has 39 heavy (non-hydrogen) atoms. The zero-order valence-electron chi connectivity index (χ0n) is 19.9. The van der Waals surface area contributed by atoms with Crippen LogP contribution in [0, 0.1) is 0 Å². The number of halogens is 4. The van der Waals surface area contributed by atoms with Gasteiger partial charge in [0.2, 0.25) is 0 Å². The molecule has 0 saturated carbocycles. The maximum Gasteiger partial charge on any atom is 0.335 e. The quantitative estimate of drug-likeness (QED) is 0.251. The summed E-state index contributed by atoms with van der Waals surface area (Å²) in [6, 6.07) is 12.6. The van der Waals surface area contributed by atoms with Crippen LogP contribution >= 0.6 is 46.4 Å². The Hall–Kier alpha value is -3.76. The van der Waals surface area contributed by atoms with Crippen molar-refractivity contribution in [3.8, 4) is 11.5 Å². The second-order valence-electron chi connectivity index (χ2n) is 7.93. The van der Waals surface area contributed by atoms with Gasteiger partial charge in [0, 0.05) is 10.7 Å². The molecule has 0 aromatic heterocycles. The van der Waals surface area contributed by atoms with Gasteiger partial charge in [-0.15, -0.1) is 0 Å². The molecule has 4 rings (SSSR count). The van der Waals surface area contributed by atoms with Gasteiger partial charge in [0.25, 0.3) is 17.7 Å². The van der Waals surface area contributed by atoms with Crippen LogP contribution in [-0.2, 0) is 14.4 Å². The molecular formula is C26H17Cl4N3O6. The lowest BCUT2D eigenvalue weighted by Gasteiger charge is -2.26. The minimum Gasteiger partial charge on any atom is -0.493 e. The smallest absolute Gasteiger partial charge is 0.335 e. The fourth-order valence-electron chi connectivity index (χ4n) is 3.51. The molecule has 0 unspecified atom stereocenters. The normalized spacial score (nSPS) is 14.3. The summed E-state index contributed by atoms with van der Waals surface area (Å²) in [6.07, 6.45) is 1.24. The second kappa shape index (κ2) is 12.0. The highest BCUT2D eigenvalue weighted by Gasteiger charge is 2.37. The second-order valence-corrected chi connectivity index (χ2v) is 9.59. The monoisotopic (exact) mass is 607 g/mol. The Balaban J connectivity index is 1.56. The third-order valence-electron chi connectivity index (χ3n) is 5.30. The number of benzene rings is 3. The summed E-state index contributed by atoms with van der Waals surface area (Å²) in [5.41, 5.74) is 0.574. The number of nitrogens with zero attached hydrogens (tertiary/aromatic N) is 1. The van der Waals surface area contributed by atoms with Crippen LogP contribution < -0.4 is 25.0 Å².